The van der Waals surface area contributed by atoms with Crippen molar-refractivity contribution in [3.63, 3.8) is 0 Å². The van der Waals surface area contributed by atoms with E-state index in [-0.39, 0.29) is 5.12 Å². The topological polar surface area (TPSA) is 55.4 Å². The number of carbonyl (C=O) groups excluding carboxylic acids is 2. The van der Waals surface area contributed by atoms with Gasteiger partial charge in [0.2, 0.25) is 5.12 Å². The fourth-order valence-corrected chi connectivity index (χ4v) is 4.78. The van der Waals surface area contributed by atoms with Crippen LogP contribution in [0.2, 0.25) is 0 Å². The van der Waals surface area contributed by atoms with Crippen molar-refractivity contribution in [2.45, 2.75) is 44.1 Å². The van der Waals surface area contributed by atoms with Crippen molar-refractivity contribution >= 4 is 23.0 Å². The third kappa shape index (κ3) is 5.60. The monoisotopic (exact) mass is 447 g/mol. The Morgan fingerprint density at radius 3 is 1.47 bits per heavy atom. The summed E-state index contributed by atoms with van der Waals surface area (Å²) in [5.41, 5.74) is 2.32. The van der Waals surface area contributed by atoms with Gasteiger partial charge in [0.05, 0.1) is 10.8 Å². The van der Waals surface area contributed by atoms with Crippen LogP contribution in [-0.4, -0.2) is 22.9 Å². The highest BCUT2D eigenvalue weighted by atomic mass is 32.2. The number of alkyl carbamates (subject to hydrolysis) is 1. The molecule has 3 aromatic carbocycles. The number of ether oxygens (including phenoxy) is 1. The third-order valence-electron chi connectivity index (χ3n) is 4.88. The van der Waals surface area contributed by atoms with E-state index in [1.165, 1.54) is 11.8 Å². The summed E-state index contributed by atoms with van der Waals surface area (Å²) in [6, 6.07) is 29.2. The molecule has 4 nitrogen and oxygen atoms in total. The second-order valence-corrected chi connectivity index (χ2v) is 9.79. The van der Waals surface area contributed by atoms with Gasteiger partial charge in [-0.05, 0) is 44.4 Å². The summed E-state index contributed by atoms with van der Waals surface area (Å²) in [5, 5.41) is 2.52. The molecule has 166 valence electrons. The van der Waals surface area contributed by atoms with E-state index in [9.17, 15) is 9.59 Å². The Balaban J connectivity index is 2.03. The van der Waals surface area contributed by atoms with Crippen molar-refractivity contribution in [1.82, 2.24) is 5.32 Å². The minimum absolute atomic E-state index is 0.160. The van der Waals surface area contributed by atoms with Crippen molar-refractivity contribution in [2.75, 3.05) is 0 Å². The summed E-state index contributed by atoms with van der Waals surface area (Å²) in [6.07, 6.45) is -0.608. The van der Waals surface area contributed by atoms with Crippen molar-refractivity contribution in [1.29, 1.82) is 0 Å². The van der Waals surface area contributed by atoms with Crippen molar-refractivity contribution < 1.29 is 14.3 Å². The Kier molecular flexibility index (Phi) is 7.41. The lowest BCUT2D eigenvalue weighted by Gasteiger charge is -2.35. The summed E-state index contributed by atoms with van der Waals surface area (Å²) < 4.78 is 4.56. The Morgan fingerprint density at radius 1 is 0.750 bits per heavy atom. The lowest BCUT2D eigenvalue weighted by Crippen LogP contribution is -2.42. The molecule has 1 amide bonds. The first kappa shape index (κ1) is 23.6. The standard InChI is InChI=1S/C27H29NO3S/c1-20(28-25(30)31-26(2,3)4)24(29)32-27(21-14-8-5-9-15-21,22-16-10-6-11-17-22)23-18-12-7-13-19-23/h5-20H,1-4H3,(H,28,30)/t20-/m0/s1. The van der Waals surface area contributed by atoms with Gasteiger partial charge in [0, 0.05) is 0 Å². The van der Waals surface area contributed by atoms with Gasteiger partial charge in [0.25, 0.3) is 0 Å². The average Bonchev–Trinajstić information content (AvgIpc) is 2.77. The molecule has 1 N–H and O–H groups in total. The minimum Gasteiger partial charge on any atom is -0.444 e. The van der Waals surface area contributed by atoms with Crippen LogP contribution < -0.4 is 5.32 Å². The Bertz CT molecular complexity index is 934. The van der Waals surface area contributed by atoms with Gasteiger partial charge in [-0.1, -0.05) is 103 Å². The number of rotatable bonds is 6. The fraction of sp³-hybridized carbons (Fsp3) is 0.259. The van der Waals surface area contributed by atoms with E-state index >= 15 is 0 Å². The summed E-state index contributed by atoms with van der Waals surface area (Å²) in [6.45, 7) is 7.06. The van der Waals surface area contributed by atoms with E-state index < -0.39 is 22.5 Å². The molecule has 0 aliphatic carbocycles. The van der Waals surface area contributed by atoms with Gasteiger partial charge in [0.15, 0.2) is 0 Å². The largest absolute Gasteiger partial charge is 0.444 e. The van der Waals surface area contributed by atoms with E-state index in [1.54, 1.807) is 27.7 Å². The van der Waals surface area contributed by atoms with E-state index in [2.05, 4.69) is 5.32 Å². The lowest BCUT2D eigenvalue weighted by atomic mass is 9.84. The molecule has 0 saturated carbocycles. The van der Waals surface area contributed by atoms with Crippen LogP contribution in [0.4, 0.5) is 4.79 Å². The molecule has 3 aromatic rings. The number of thioether (sulfide) groups is 1. The van der Waals surface area contributed by atoms with Gasteiger partial charge in [-0.2, -0.15) is 0 Å². The van der Waals surface area contributed by atoms with Crippen molar-refractivity contribution in [2.24, 2.45) is 0 Å². The first-order valence-corrected chi connectivity index (χ1v) is 11.4. The number of hydrogen-bond donors (Lipinski definition) is 1. The highest BCUT2D eigenvalue weighted by Crippen LogP contribution is 2.49. The minimum atomic E-state index is -0.773. The van der Waals surface area contributed by atoms with Gasteiger partial charge in [-0.3, -0.25) is 4.79 Å². The lowest BCUT2D eigenvalue weighted by molar-refractivity contribution is -0.112. The highest BCUT2D eigenvalue weighted by Gasteiger charge is 2.40. The zero-order valence-electron chi connectivity index (χ0n) is 18.9. The number of nitrogens with one attached hydrogen (secondary N) is 1. The second-order valence-electron chi connectivity index (χ2n) is 8.57. The number of hydrogen-bond acceptors (Lipinski definition) is 4. The van der Waals surface area contributed by atoms with Crippen LogP contribution in [0, 0.1) is 0 Å². The SMILES string of the molecule is C[C@H](NC(=O)OC(C)(C)C)C(=O)SC(c1ccccc1)(c1ccccc1)c1ccccc1. The maximum atomic E-state index is 13.5. The van der Waals surface area contributed by atoms with Crippen LogP contribution in [0.5, 0.6) is 0 Å². The first-order valence-electron chi connectivity index (χ1n) is 10.6. The molecule has 0 fully saturated rings. The van der Waals surface area contributed by atoms with Crippen molar-refractivity contribution in [3.05, 3.63) is 108 Å². The first-order chi connectivity index (χ1) is 15.2. The second kappa shape index (κ2) is 10.0. The maximum Gasteiger partial charge on any atom is 0.408 e. The van der Waals surface area contributed by atoms with Crippen LogP contribution in [0.3, 0.4) is 0 Å². The van der Waals surface area contributed by atoms with Crippen LogP contribution in [-0.2, 0) is 14.3 Å². The van der Waals surface area contributed by atoms with Gasteiger partial charge >= 0.3 is 6.09 Å². The molecule has 0 aromatic heterocycles. The predicted molar refractivity (Wildman–Crippen MR) is 131 cm³/mol. The number of benzene rings is 3. The molecule has 0 aliphatic rings. The van der Waals surface area contributed by atoms with E-state index in [1.807, 2.05) is 91.0 Å². The van der Waals surface area contributed by atoms with Crippen LogP contribution in [0.1, 0.15) is 44.4 Å². The summed E-state index contributed by atoms with van der Waals surface area (Å²) in [7, 11) is 0. The van der Waals surface area contributed by atoms with Crippen molar-refractivity contribution in [3.8, 4) is 0 Å². The molecule has 0 heterocycles. The predicted octanol–water partition coefficient (Wildman–Crippen LogP) is 6.15. The van der Waals surface area contributed by atoms with Gasteiger partial charge < -0.3 is 10.1 Å². The van der Waals surface area contributed by atoms with E-state index in [4.69, 9.17) is 4.74 Å². The van der Waals surface area contributed by atoms with E-state index in [0.29, 0.717) is 0 Å². The van der Waals surface area contributed by atoms with E-state index in [0.717, 1.165) is 16.7 Å². The molecule has 0 spiro atoms. The molecule has 1 atom stereocenters. The van der Waals surface area contributed by atoms with Gasteiger partial charge in [-0.15, -0.1) is 0 Å². The zero-order valence-corrected chi connectivity index (χ0v) is 19.7. The normalized spacial score (nSPS) is 12.6. The molecular weight excluding hydrogens is 418 g/mol. The van der Waals surface area contributed by atoms with Crippen LogP contribution >= 0.6 is 11.8 Å². The third-order valence-corrected chi connectivity index (χ3v) is 6.45. The fourth-order valence-electron chi connectivity index (χ4n) is 3.48. The summed E-state index contributed by atoms with van der Waals surface area (Å²) in [5.74, 6) is 0. The molecule has 3 rings (SSSR count). The van der Waals surface area contributed by atoms with Gasteiger partial charge in [0.1, 0.15) is 5.60 Å². The number of carbonyl (C=O) groups is 2. The van der Waals surface area contributed by atoms with Gasteiger partial charge in [-0.25, -0.2) is 4.79 Å². The highest BCUT2D eigenvalue weighted by molar-refractivity contribution is 8.14. The molecule has 0 bridgehead atoms. The van der Waals surface area contributed by atoms with Crippen LogP contribution in [0.25, 0.3) is 0 Å². The quantitative estimate of drug-likeness (QED) is 0.460. The summed E-state index contributed by atoms with van der Waals surface area (Å²) in [4.78, 5) is 25.7. The molecular formula is C27H29NO3S. The summed E-state index contributed by atoms with van der Waals surface area (Å²) >= 11 is 1.21. The average molecular weight is 448 g/mol. The molecule has 0 radical (unpaired) electrons. The molecule has 32 heavy (non-hydrogen) atoms. The Hall–Kier alpha value is -3.05. The Labute approximate surface area is 194 Å². The molecule has 5 heteroatoms. The Morgan fingerprint density at radius 2 is 1.12 bits per heavy atom. The molecule has 0 aliphatic heterocycles. The van der Waals surface area contributed by atoms with Crippen LogP contribution in [0.15, 0.2) is 91.0 Å². The smallest absolute Gasteiger partial charge is 0.408 e. The molecule has 0 unspecified atom stereocenters. The maximum absolute atomic E-state index is 13.5. The number of amides is 1. The zero-order chi connectivity index (χ0) is 23.2. The molecule has 0 saturated heterocycles.